The van der Waals surface area contributed by atoms with Crippen LogP contribution in [0.5, 0.6) is 0 Å². The molecule has 1 saturated heterocycles. The van der Waals surface area contributed by atoms with Gasteiger partial charge in [-0.15, -0.1) is 6.58 Å². The molecule has 2 aliphatic rings. The first-order valence-electron chi connectivity index (χ1n) is 8.60. The third kappa shape index (κ3) is 3.21. The molecular formula is C20H24FNO3. The van der Waals surface area contributed by atoms with E-state index in [1.165, 1.54) is 0 Å². The van der Waals surface area contributed by atoms with Gasteiger partial charge in [-0.1, -0.05) is 19.1 Å². The SMILES string of the molecule is C=CC[C@H]1C[C@]2(C(C)Cc3ccc(NC)c(F)c3)OCOC2=CC1=O. The summed E-state index contributed by atoms with van der Waals surface area (Å²) >= 11 is 0. The van der Waals surface area contributed by atoms with Crippen LogP contribution in [0.15, 0.2) is 42.7 Å². The van der Waals surface area contributed by atoms with Crippen molar-refractivity contribution in [3.8, 4) is 0 Å². The summed E-state index contributed by atoms with van der Waals surface area (Å²) in [5.74, 6) is 0.299. The van der Waals surface area contributed by atoms with Crippen LogP contribution in [-0.4, -0.2) is 25.2 Å². The fourth-order valence-corrected chi connectivity index (χ4v) is 3.82. The van der Waals surface area contributed by atoms with Crippen molar-refractivity contribution in [2.75, 3.05) is 19.2 Å². The van der Waals surface area contributed by atoms with Gasteiger partial charge in [0.15, 0.2) is 12.6 Å². The van der Waals surface area contributed by atoms with Gasteiger partial charge in [-0.25, -0.2) is 4.39 Å². The number of carbonyl (C=O) groups excluding carboxylic acids is 1. The van der Waals surface area contributed by atoms with Gasteiger partial charge in [0.1, 0.15) is 17.2 Å². The van der Waals surface area contributed by atoms with Crippen molar-refractivity contribution < 1.29 is 18.7 Å². The van der Waals surface area contributed by atoms with Crippen molar-refractivity contribution in [3.05, 3.63) is 54.1 Å². The van der Waals surface area contributed by atoms with Gasteiger partial charge in [-0.3, -0.25) is 4.79 Å². The smallest absolute Gasteiger partial charge is 0.189 e. The number of ketones is 1. The number of ether oxygens (including phenoxy) is 2. The van der Waals surface area contributed by atoms with E-state index in [-0.39, 0.29) is 30.2 Å². The Labute approximate surface area is 147 Å². The third-order valence-corrected chi connectivity index (χ3v) is 5.27. The number of benzene rings is 1. The molecule has 1 unspecified atom stereocenters. The number of fused-ring (bicyclic) bond motifs is 1. The molecule has 0 spiro atoms. The highest BCUT2D eigenvalue weighted by molar-refractivity contribution is 5.93. The van der Waals surface area contributed by atoms with Crippen molar-refractivity contribution in [2.45, 2.75) is 31.8 Å². The average molecular weight is 345 g/mol. The van der Waals surface area contributed by atoms with Gasteiger partial charge in [0.25, 0.3) is 0 Å². The van der Waals surface area contributed by atoms with Gasteiger partial charge in [0.2, 0.25) is 0 Å². The molecule has 4 nitrogen and oxygen atoms in total. The molecule has 1 fully saturated rings. The van der Waals surface area contributed by atoms with E-state index in [1.54, 1.807) is 31.3 Å². The summed E-state index contributed by atoms with van der Waals surface area (Å²) in [6.45, 7) is 5.96. The monoisotopic (exact) mass is 345 g/mol. The molecule has 0 saturated carbocycles. The summed E-state index contributed by atoms with van der Waals surface area (Å²) < 4.78 is 25.6. The summed E-state index contributed by atoms with van der Waals surface area (Å²) in [5, 5.41) is 2.82. The predicted octanol–water partition coefficient (Wildman–Crippen LogP) is 3.84. The molecule has 5 heteroatoms. The molecule has 0 radical (unpaired) electrons. The molecule has 0 amide bonds. The number of carbonyl (C=O) groups is 1. The second-order valence-electron chi connectivity index (χ2n) is 6.80. The van der Waals surface area contributed by atoms with Crippen molar-refractivity contribution in [3.63, 3.8) is 0 Å². The number of rotatable bonds is 6. The normalized spacial score (nSPS) is 26.4. The van der Waals surface area contributed by atoms with E-state index in [4.69, 9.17) is 9.47 Å². The van der Waals surface area contributed by atoms with Gasteiger partial charge in [-0.05, 0) is 42.9 Å². The zero-order valence-electron chi connectivity index (χ0n) is 14.7. The first-order valence-corrected chi connectivity index (χ1v) is 8.60. The van der Waals surface area contributed by atoms with Crippen molar-refractivity contribution in [2.24, 2.45) is 11.8 Å². The number of anilines is 1. The Balaban J connectivity index is 1.85. The molecule has 134 valence electrons. The van der Waals surface area contributed by atoms with Crippen LogP contribution < -0.4 is 5.32 Å². The van der Waals surface area contributed by atoms with E-state index in [9.17, 15) is 9.18 Å². The van der Waals surface area contributed by atoms with Gasteiger partial charge >= 0.3 is 0 Å². The lowest BCUT2D eigenvalue weighted by Gasteiger charge is -2.38. The highest BCUT2D eigenvalue weighted by Crippen LogP contribution is 2.46. The molecule has 1 aromatic rings. The summed E-state index contributed by atoms with van der Waals surface area (Å²) in [4.78, 5) is 12.2. The lowest BCUT2D eigenvalue weighted by atomic mass is 9.71. The molecule has 1 N–H and O–H groups in total. The van der Waals surface area contributed by atoms with Crippen molar-refractivity contribution in [1.82, 2.24) is 0 Å². The summed E-state index contributed by atoms with van der Waals surface area (Å²) in [5.41, 5.74) is 0.745. The number of halogens is 1. The second kappa shape index (κ2) is 7.00. The molecule has 1 aliphatic carbocycles. The Hall–Kier alpha value is -2.14. The minimum Gasteiger partial charge on any atom is -0.469 e. The van der Waals surface area contributed by atoms with E-state index in [1.807, 2.05) is 6.07 Å². The Morgan fingerprint density at radius 1 is 1.52 bits per heavy atom. The number of allylic oxidation sites excluding steroid dienone is 2. The maximum absolute atomic E-state index is 14.0. The lowest BCUT2D eigenvalue weighted by molar-refractivity contribution is -0.123. The zero-order chi connectivity index (χ0) is 18.0. The maximum atomic E-state index is 14.0. The van der Waals surface area contributed by atoms with Crippen LogP contribution in [0.25, 0.3) is 0 Å². The highest BCUT2D eigenvalue weighted by Gasteiger charge is 2.51. The minimum absolute atomic E-state index is 0.0431. The van der Waals surface area contributed by atoms with Gasteiger partial charge < -0.3 is 14.8 Å². The van der Waals surface area contributed by atoms with Gasteiger partial charge in [-0.2, -0.15) is 0 Å². The summed E-state index contributed by atoms with van der Waals surface area (Å²) in [7, 11) is 1.69. The summed E-state index contributed by atoms with van der Waals surface area (Å²) in [6, 6.07) is 5.20. The highest BCUT2D eigenvalue weighted by atomic mass is 19.1. The topological polar surface area (TPSA) is 47.6 Å². The molecule has 3 rings (SSSR count). The number of nitrogens with one attached hydrogen (secondary N) is 1. The Morgan fingerprint density at radius 3 is 3.00 bits per heavy atom. The zero-order valence-corrected chi connectivity index (χ0v) is 14.7. The first kappa shape index (κ1) is 17.7. The maximum Gasteiger partial charge on any atom is 0.189 e. The van der Waals surface area contributed by atoms with Crippen LogP contribution in [0, 0.1) is 17.7 Å². The van der Waals surface area contributed by atoms with E-state index < -0.39 is 5.60 Å². The average Bonchev–Trinajstić information content (AvgIpc) is 2.99. The molecule has 0 aromatic heterocycles. The third-order valence-electron chi connectivity index (χ3n) is 5.27. The Kier molecular flexibility index (Phi) is 4.95. The minimum atomic E-state index is -0.625. The standard InChI is InChI=1S/C20H24FNO3/c1-4-5-15-11-20(19(10-18(15)23)24-12-25-20)13(2)8-14-6-7-17(22-3)16(21)9-14/h4,6-7,9-10,13,15,22H,1,5,8,11-12H2,2-3H3/t13?,15-,20+/m0/s1. The fraction of sp³-hybridized carbons (Fsp3) is 0.450. The van der Waals surface area contributed by atoms with Crippen LogP contribution in [0.3, 0.4) is 0 Å². The molecule has 1 aromatic carbocycles. The molecule has 1 aliphatic heterocycles. The molecule has 25 heavy (non-hydrogen) atoms. The lowest BCUT2D eigenvalue weighted by Crippen LogP contribution is -2.44. The number of hydrogen-bond donors (Lipinski definition) is 1. The molecule has 3 atom stereocenters. The Bertz CT molecular complexity index is 715. The first-order chi connectivity index (χ1) is 12.0. The molecule has 1 heterocycles. The Morgan fingerprint density at radius 2 is 2.32 bits per heavy atom. The van der Waals surface area contributed by atoms with E-state index in [0.717, 1.165) is 5.56 Å². The van der Waals surface area contributed by atoms with Crippen LogP contribution in [0.4, 0.5) is 10.1 Å². The molecule has 0 bridgehead atoms. The van der Waals surface area contributed by atoms with Crippen LogP contribution in [0.2, 0.25) is 0 Å². The van der Waals surface area contributed by atoms with Crippen molar-refractivity contribution >= 4 is 11.5 Å². The van der Waals surface area contributed by atoms with Crippen LogP contribution >= 0.6 is 0 Å². The van der Waals surface area contributed by atoms with Crippen LogP contribution in [-0.2, 0) is 20.7 Å². The van der Waals surface area contributed by atoms with Crippen LogP contribution in [0.1, 0.15) is 25.3 Å². The quantitative estimate of drug-likeness (QED) is 0.796. The van der Waals surface area contributed by atoms with Crippen molar-refractivity contribution in [1.29, 1.82) is 0 Å². The molecular weight excluding hydrogens is 321 g/mol. The van der Waals surface area contributed by atoms with Gasteiger partial charge in [0.05, 0.1) is 5.69 Å². The van der Waals surface area contributed by atoms with E-state index >= 15 is 0 Å². The van der Waals surface area contributed by atoms with E-state index in [0.29, 0.717) is 30.7 Å². The van der Waals surface area contributed by atoms with E-state index in [2.05, 4.69) is 18.8 Å². The second-order valence-corrected chi connectivity index (χ2v) is 6.80. The predicted molar refractivity (Wildman–Crippen MR) is 94.6 cm³/mol. The fourth-order valence-electron chi connectivity index (χ4n) is 3.82. The number of hydrogen-bond acceptors (Lipinski definition) is 4. The largest absolute Gasteiger partial charge is 0.469 e. The summed E-state index contributed by atoms with van der Waals surface area (Å²) in [6.07, 6.45) is 5.16. The van der Waals surface area contributed by atoms with Gasteiger partial charge in [0, 0.05) is 19.0 Å².